The van der Waals surface area contributed by atoms with Crippen molar-refractivity contribution in [3.05, 3.63) is 34.9 Å². The van der Waals surface area contributed by atoms with Crippen LogP contribution in [0.5, 0.6) is 0 Å². The molecule has 1 aromatic carbocycles. The van der Waals surface area contributed by atoms with E-state index < -0.39 is 0 Å². The Morgan fingerprint density at radius 3 is 2.56 bits per heavy atom. The maximum Gasteiger partial charge on any atom is 0.0406 e. The zero-order valence-corrected chi connectivity index (χ0v) is 10.6. The van der Waals surface area contributed by atoms with Gasteiger partial charge in [0.05, 0.1) is 0 Å². The third kappa shape index (κ3) is 4.97. The summed E-state index contributed by atoms with van der Waals surface area (Å²) in [6.07, 6.45) is 2.18. The molecule has 0 aliphatic rings. The maximum atomic E-state index is 5.82. The Bertz CT molecular complexity index is 280. The van der Waals surface area contributed by atoms with Gasteiger partial charge in [0.1, 0.15) is 0 Å². The Labute approximate surface area is 103 Å². The SMILES string of the molecule is CCC(CN)CNCCc1ccc(Cl)cc1. The molecule has 1 unspecified atom stereocenters. The van der Waals surface area contributed by atoms with Gasteiger partial charge in [0.25, 0.3) is 0 Å². The smallest absolute Gasteiger partial charge is 0.0406 e. The van der Waals surface area contributed by atoms with Crippen molar-refractivity contribution < 1.29 is 0 Å². The van der Waals surface area contributed by atoms with E-state index in [0.29, 0.717) is 5.92 Å². The van der Waals surface area contributed by atoms with E-state index in [2.05, 4.69) is 24.4 Å². The summed E-state index contributed by atoms with van der Waals surface area (Å²) in [5.74, 6) is 0.602. The minimum Gasteiger partial charge on any atom is -0.330 e. The average molecular weight is 241 g/mol. The van der Waals surface area contributed by atoms with Crippen LogP contribution in [0.3, 0.4) is 0 Å². The lowest BCUT2D eigenvalue weighted by atomic mass is 10.1. The van der Waals surface area contributed by atoms with Crippen LogP contribution >= 0.6 is 11.6 Å². The second-order valence-electron chi connectivity index (χ2n) is 4.09. The summed E-state index contributed by atoms with van der Waals surface area (Å²) in [6, 6.07) is 8.02. The van der Waals surface area contributed by atoms with Gasteiger partial charge in [-0.3, -0.25) is 0 Å². The fourth-order valence-corrected chi connectivity index (χ4v) is 1.71. The molecule has 0 bridgehead atoms. The molecule has 0 aliphatic heterocycles. The topological polar surface area (TPSA) is 38.0 Å². The van der Waals surface area contributed by atoms with Gasteiger partial charge >= 0.3 is 0 Å². The van der Waals surface area contributed by atoms with Gasteiger partial charge in [-0.05, 0) is 49.7 Å². The number of nitrogens with one attached hydrogen (secondary N) is 1. The number of hydrogen-bond acceptors (Lipinski definition) is 2. The molecular formula is C13H21ClN2. The van der Waals surface area contributed by atoms with Gasteiger partial charge < -0.3 is 11.1 Å². The fraction of sp³-hybridized carbons (Fsp3) is 0.538. The average Bonchev–Trinajstić information content (AvgIpc) is 2.32. The van der Waals surface area contributed by atoms with Crippen molar-refractivity contribution in [2.45, 2.75) is 19.8 Å². The normalized spacial score (nSPS) is 12.7. The summed E-state index contributed by atoms with van der Waals surface area (Å²) in [4.78, 5) is 0. The van der Waals surface area contributed by atoms with E-state index >= 15 is 0 Å². The molecule has 1 aromatic rings. The van der Waals surface area contributed by atoms with Crippen molar-refractivity contribution in [1.29, 1.82) is 0 Å². The van der Waals surface area contributed by atoms with E-state index in [1.165, 1.54) is 5.56 Å². The molecule has 3 N–H and O–H groups in total. The van der Waals surface area contributed by atoms with Gasteiger partial charge in [0.2, 0.25) is 0 Å². The van der Waals surface area contributed by atoms with Gasteiger partial charge in [0, 0.05) is 5.02 Å². The number of hydrogen-bond donors (Lipinski definition) is 2. The first-order chi connectivity index (χ1) is 7.76. The van der Waals surface area contributed by atoms with Gasteiger partial charge in [0.15, 0.2) is 0 Å². The molecule has 0 saturated carbocycles. The number of nitrogens with two attached hydrogens (primary N) is 1. The predicted octanol–water partition coefficient (Wildman–Crippen LogP) is 2.46. The summed E-state index contributed by atoms with van der Waals surface area (Å²) in [5.41, 5.74) is 6.96. The van der Waals surface area contributed by atoms with Gasteiger partial charge in [-0.1, -0.05) is 37.1 Å². The standard InChI is InChI=1S/C13H21ClN2/c1-2-11(9-15)10-16-8-7-12-3-5-13(14)6-4-12/h3-6,11,16H,2,7-10,15H2,1H3. The first-order valence-corrected chi connectivity index (χ1v) is 6.29. The van der Waals surface area contributed by atoms with E-state index in [1.54, 1.807) is 0 Å². The van der Waals surface area contributed by atoms with E-state index in [0.717, 1.165) is 37.5 Å². The summed E-state index contributed by atoms with van der Waals surface area (Å²) in [5, 5.41) is 4.23. The molecule has 0 spiro atoms. The Kier molecular flexibility index (Phi) is 6.46. The Morgan fingerprint density at radius 2 is 2.00 bits per heavy atom. The monoisotopic (exact) mass is 240 g/mol. The first-order valence-electron chi connectivity index (χ1n) is 5.91. The zero-order valence-electron chi connectivity index (χ0n) is 9.88. The lowest BCUT2D eigenvalue weighted by molar-refractivity contribution is 0.474. The highest BCUT2D eigenvalue weighted by Gasteiger charge is 2.02. The van der Waals surface area contributed by atoms with E-state index in [1.807, 2.05) is 12.1 Å². The second kappa shape index (κ2) is 7.66. The minimum atomic E-state index is 0.602. The lowest BCUT2D eigenvalue weighted by Gasteiger charge is -2.12. The van der Waals surface area contributed by atoms with Crippen LogP contribution in [0.1, 0.15) is 18.9 Å². The molecule has 3 heteroatoms. The molecule has 0 aliphatic carbocycles. The van der Waals surface area contributed by atoms with E-state index in [9.17, 15) is 0 Å². The van der Waals surface area contributed by atoms with E-state index in [-0.39, 0.29) is 0 Å². The summed E-state index contributed by atoms with van der Waals surface area (Å²) in [7, 11) is 0. The second-order valence-corrected chi connectivity index (χ2v) is 4.53. The van der Waals surface area contributed by atoms with Crippen LogP contribution < -0.4 is 11.1 Å². The van der Waals surface area contributed by atoms with Gasteiger partial charge in [-0.25, -0.2) is 0 Å². The first kappa shape index (κ1) is 13.5. The van der Waals surface area contributed by atoms with Crippen LogP contribution in [0, 0.1) is 5.92 Å². The van der Waals surface area contributed by atoms with Crippen LogP contribution in [0.4, 0.5) is 0 Å². The van der Waals surface area contributed by atoms with Crippen molar-refractivity contribution in [2.75, 3.05) is 19.6 Å². The summed E-state index contributed by atoms with van der Waals surface area (Å²) < 4.78 is 0. The highest BCUT2D eigenvalue weighted by molar-refractivity contribution is 6.30. The molecular weight excluding hydrogens is 220 g/mol. The maximum absolute atomic E-state index is 5.82. The molecule has 1 rings (SSSR count). The minimum absolute atomic E-state index is 0.602. The Balaban J connectivity index is 2.18. The third-order valence-electron chi connectivity index (χ3n) is 2.85. The number of halogens is 1. The third-order valence-corrected chi connectivity index (χ3v) is 3.10. The van der Waals surface area contributed by atoms with E-state index in [4.69, 9.17) is 17.3 Å². The molecule has 0 aromatic heterocycles. The zero-order chi connectivity index (χ0) is 11.8. The molecule has 0 saturated heterocycles. The van der Waals surface area contributed by atoms with Crippen LogP contribution in [0.25, 0.3) is 0 Å². The van der Waals surface area contributed by atoms with Crippen molar-refractivity contribution in [3.8, 4) is 0 Å². The van der Waals surface area contributed by atoms with Gasteiger partial charge in [-0.2, -0.15) is 0 Å². The number of rotatable bonds is 7. The molecule has 2 nitrogen and oxygen atoms in total. The lowest BCUT2D eigenvalue weighted by Crippen LogP contribution is -2.29. The Morgan fingerprint density at radius 1 is 1.31 bits per heavy atom. The molecule has 0 radical (unpaired) electrons. The fourth-order valence-electron chi connectivity index (χ4n) is 1.58. The molecule has 90 valence electrons. The highest BCUT2D eigenvalue weighted by atomic mass is 35.5. The van der Waals surface area contributed by atoms with Crippen molar-refractivity contribution in [3.63, 3.8) is 0 Å². The molecule has 0 fully saturated rings. The van der Waals surface area contributed by atoms with Crippen molar-refractivity contribution in [2.24, 2.45) is 11.7 Å². The molecule has 0 heterocycles. The highest BCUT2D eigenvalue weighted by Crippen LogP contribution is 2.09. The van der Waals surface area contributed by atoms with Crippen LogP contribution in [-0.2, 0) is 6.42 Å². The summed E-state index contributed by atoms with van der Waals surface area (Å²) in [6.45, 7) is 4.96. The quantitative estimate of drug-likeness (QED) is 0.719. The van der Waals surface area contributed by atoms with Crippen LogP contribution in [-0.4, -0.2) is 19.6 Å². The molecule has 16 heavy (non-hydrogen) atoms. The molecule has 1 atom stereocenters. The largest absolute Gasteiger partial charge is 0.330 e. The van der Waals surface area contributed by atoms with Crippen LogP contribution in [0.2, 0.25) is 5.02 Å². The Hall–Kier alpha value is -0.570. The number of benzene rings is 1. The molecule has 0 amide bonds. The summed E-state index contributed by atoms with van der Waals surface area (Å²) >= 11 is 5.82. The van der Waals surface area contributed by atoms with Crippen molar-refractivity contribution in [1.82, 2.24) is 5.32 Å². The predicted molar refractivity (Wildman–Crippen MR) is 70.9 cm³/mol. The van der Waals surface area contributed by atoms with Gasteiger partial charge in [-0.15, -0.1) is 0 Å². The van der Waals surface area contributed by atoms with Crippen LogP contribution in [0.15, 0.2) is 24.3 Å². The van der Waals surface area contributed by atoms with Crippen molar-refractivity contribution >= 4 is 11.6 Å².